The lowest BCUT2D eigenvalue weighted by atomic mass is 9.76. The molecule has 0 N–H and O–H groups in total. The van der Waals surface area contributed by atoms with Crippen molar-refractivity contribution < 1.29 is 19.1 Å². The van der Waals surface area contributed by atoms with Crippen molar-refractivity contribution in [3.8, 4) is 0 Å². The number of carbonyl (C=O) groups excluding carboxylic acids is 3. The lowest BCUT2D eigenvalue weighted by molar-refractivity contribution is -0.170. The number of carbonyl (C=O) groups is 3. The highest BCUT2D eigenvalue weighted by atomic mass is 16.5. The zero-order chi connectivity index (χ0) is 20.3. The normalized spacial score (nSPS) is 34.1. The Kier molecular flexibility index (Phi) is 3.90. The molecule has 29 heavy (non-hydrogen) atoms. The number of fused-ring (bicyclic) bond motifs is 3. The van der Waals surface area contributed by atoms with Gasteiger partial charge in [0.1, 0.15) is 12.6 Å². The molecule has 3 aliphatic heterocycles. The molecule has 0 aromatic heterocycles. The van der Waals surface area contributed by atoms with Crippen molar-refractivity contribution in [2.24, 2.45) is 11.8 Å². The molecule has 2 aromatic carbocycles. The third kappa shape index (κ3) is 2.29. The Balaban J connectivity index is 1.75. The minimum absolute atomic E-state index is 0.194. The highest BCUT2D eigenvalue weighted by molar-refractivity contribution is 6.08. The van der Waals surface area contributed by atoms with Gasteiger partial charge >= 0.3 is 5.97 Å². The summed E-state index contributed by atoms with van der Waals surface area (Å²) in [6, 6.07) is 18.5. The number of imide groups is 1. The van der Waals surface area contributed by atoms with E-state index in [1.807, 2.05) is 67.6 Å². The summed E-state index contributed by atoms with van der Waals surface area (Å²) in [5, 5.41) is 0. The van der Waals surface area contributed by atoms with Crippen molar-refractivity contribution in [2.75, 3.05) is 13.7 Å². The molecule has 5 atom stereocenters. The van der Waals surface area contributed by atoms with Crippen LogP contribution < -0.4 is 0 Å². The number of hydrogen-bond donors (Lipinski definition) is 0. The Bertz CT molecular complexity index is 992. The van der Waals surface area contributed by atoms with Gasteiger partial charge in [-0.05, 0) is 18.1 Å². The van der Waals surface area contributed by atoms with Crippen molar-refractivity contribution in [3.05, 3.63) is 71.8 Å². The lowest BCUT2D eigenvalue weighted by Gasteiger charge is -2.47. The van der Waals surface area contributed by atoms with E-state index in [4.69, 9.17) is 4.74 Å². The van der Waals surface area contributed by atoms with Gasteiger partial charge in [-0.15, -0.1) is 0 Å². The van der Waals surface area contributed by atoms with Crippen molar-refractivity contribution in [1.82, 2.24) is 9.80 Å². The van der Waals surface area contributed by atoms with Crippen LogP contribution >= 0.6 is 0 Å². The molecule has 6 heteroatoms. The van der Waals surface area contributed by atoms with Crippen molar-refractivity contribution in [3.63, 3.8) is 0 Å². The van der Waals surface area contributed by atoms with Crippen LogP contribution in [0.3, 0.4) is 0 Å². The van der Waals surface area contributed by atoms with Gasteiger partial charge in [0.25, 0.3) is 0 Å². The highest BCUT2D eigenvalue weighted by Crippen LogP contribution is 2.57. The van der Waals surface area contributed by atoms with Crippen LogP contribution in [0, 0.1) is 11.8 Å². The van der Waals surface area contributed by atoms with Crippen LogP contribution in [-0.2, 0) is 24.7 Å². The fourth-order valence-electron chi connectivity index (χ4n) is 5.51. The van der Waals surface area contributed by atoms with E-state index in [9.17, 15) is 14.4 Å². The average molecular weight is 390 g/mol. The second-order valence-electron chi connectivity index (χ2n) is 8.16. The summed E-state index contributed by atoms with van der Waals surface area (Å²) in [7, 11) is 1.50. The molecule has 0 unspecified atom stereocenters. The summed E-state index contributed by atoms with van der Waals surface area (Å²) in [4.78, 5) is 42.4. The molecular formula is C23H22N2O4. The molecule has 3 aliphatic rings. The SMILES string of the molecule is CN1C(=O)[C@@H]2[C@H]3C(=O)OC[C@H](c4ccccc4)N3[C@](C)(c3ccccc3)[C@@H]2C1=O. The first-order valence-electron chi connectivity index (χ1n) is 9.83. The molecule has 2 amide bonds. The number of likely N-dealkylation sites (tertiary alicyclic amines) is 1. The van der Waals surface area contributed by atoms with Crippen LogP contribution in [0.2, 0.25) is 0 Å². The van der Waals surface area contributed by atoms with Crippen LogP contribution in [-0.4, -0.2) is 47.3 Å². The fourth-order valence-corrected chi connectivity index (χ4v) is 5.51. The summed E-state index contributed by atoms with van der Waals surface area (Å²) in [6.07, 6.45) is 0. The largest absolute Gasteiger partial charge is 0.462 e. The second-order valence-corrected chi connectivity index (χ2v) is 8.16. The van der Waals surface area contributed by atoms with Crippen LogP contribution in [0.4, 0.5) is 0 Å². The zero-order valence-electron chi connectivity index (χ0n) is 16.3. The van der Waals surface area contributed by atoms with Gasteiger partial charge in [-0.25, -0.2) is 0 Å². The molecule has 3 fully saturated rings. The quantitative estimate of drug-likeness (QED) is 0.580. The third-order valence-electron chi connectivity index (χ3n) is 6.86. The minimum atomic E-state index is -0.811. The number of cyclic esters (lactones) is 1. The van der Waals surface area contributed by atoms with E-state index in [1.54, 1.807) is 0 Å². The summed E-state index contributed by atoms with van der Waals surface area (Å²) < 4.78 is 5.55. The molecule has 148 valence electrons. The van der Waals surface area contributed by atoms with E-state index >= 15 is 0 Å². The molecule has 5 rings (SSSR count). The van der Waals surface area contributed by atoms with E-state index < -0.39 is 29.4 Å². The smallest absolute Gasteiger partial charge is 0.324 e. The van der Waals surface area contributed by atoms with Gasteiger partial charge in [-0.3, -0.25) is 24.2 Å². The van der Waals surface area contributed by atoms with Crippen molar-refractivity contribution in [2.45, 2.75) is 24.5 Å². The summed E-state index contributed by atoms with van der Waals surface area (Å²) in [5.41, 5.74) is 1.11. The van der Waals surface area contributed by atoms with Gasteiger partial charge in [0.15, 0.2) is 0 Å². The predicted octanol–water partition coefficient (Wildman–Crippen LogP) is 2.12. The topological polar surface area (TPSA) is 66.9 Å². The van der Waals surface area contributed by atoms with Gasteiger partial charge in [-0.1, -0.05) is 60.7 Å². The Morgan fingerprint density at radius 3 is 2.21 bits per heavy atom. The van der Waals surface area contributed by atoms with Crippen molar-refractivity contribution >= 4 is 17.8 Å². The maximum absolute atomic E-state index is 13.2. The first-order valence-corrected chi connectivity index (χ1v) is 9.83. The Hall–Kier alpha value is -2.99. The summed E-state index contributed by atoms with van der Waals surface area (Å²) in [6.45, 7) is 2.18. The monoisotopic (exact) mass is 390 g/mol. The predicted molar refractivity (Wildman–Crippen MR) is 104 cm³/mol. The number of esters is 1. The van der Waals surface area contributed by atoms with E-state index in [0.29, 0.717) is 0 Å². The number of rotatable bonds is 2. The Labute approximate surface area is 169 Å². The molecule has 2 aromatic rings. The molecule has 0 radical (unpaired) electrons. The number of nitrogens with zero attached hydrogens (tertiary/aromatic N) is 2. The zero-order valence-corrected chi connectivity index (χ0v) is 16.3. The number of ether oxygens (including phenoxy) is 1. The maximum Gasteiger partial charge on any atom is 0.324 e. The molecule has 0 aliphatic carbocycles. The maximum atomic E-state index is 13.2. The average Bonchev–Trinajstić information content (AvgIpc) is 3.16. The molecular weight excluding hydrogens is 368 g/mol. The van der Waals surface area contributed by atoms with Gasteiger partial charge in [-0.2, -0.15) is 0 Å². The van der Waals surface area contributed by atoms with Gasteiger partial charge < -0.3 is 4.74 Å². The highest BCUT2D eigenvalue weighted by Gasteiger charge is 2.71. The lowest BCUT2D eigenvalue weighted by Crippen LogP contribution is -2.57. The third-order valence-corrected chi connectivity index (χ3v) is 6.86. The van der Waals surface area contributed by atoms with Gasteiger partial charge in [0.05, 0.1) is 23.4 Å². The first-order chi connectivity index (χ1) is 14.0. The van der Waals surface area contributed by atoms with E-state index in [-0.39, 0.29) is 24.5 Å². The van der Waals surface area contributed by atoms with Gasteiger partial charge in [0, 0.05) is 7.05 Å². The molecule has 6 nitrogen and oxygen atoms in total. The van der Waals surface area contributed by atoms with Gasteiger partial charge in [0.2, 0.25) is 11.8 Å². The standard InChI is InChI=1S/C23H22N2O4/c1-23(15-11-7-4-8-12-15)18-17(20(26)24(2)21(18)27)19-22(28)29-13-16(25(19)23)14-9-5-3-6-10-14/h3-12,16-19H,13H2,1-2H3/t16-,17+,18+,19+,23-/m1/s1. The summed E-state index contributed by atoms with van der Waals surface area (Å²) >= 11 is 0. The van der Waals surface area contributed by atoms with Crippen LogP contribution in [0.1, 0.15) is 24.1 Å². The molecule has 3 heterocycles. The molecule has 0 bridgehead atoms. The second kappa shape index (κ2) is 6.26. The Morgan fingerprint density at radius 2 is 1.55 bits per heavy atom. The van der Waals surface area contributed by atoms with E-state index in [0.717, 1.165) is 11.1 Å². The van der Waals surface area contributed by atoms with Crippen LogP contribution in [0.15, 0.2) is 60.7 Å². The Morgan fingerprint density at radius 1 is 0.931 bits per heavy atom. The van der Waals surface area contributed by atoms with Crippen LogP contribution in [0.5, 0.6) is 0 Å². The van der Waals surface area contributed by atoms with Crippen LogP contribution in [0.25, 0.3) is 0 Å². The number of amides is 2. The number of benzene rings is 2. The minimum Gasteiger partial charge on any atom is -0.462 e. The summed E-state index contributed by atoms with van der Waals surface area (Å²) in [5.74, 6) is -2.34. The number of hydrogen-bond acceptors (Lipinski definition) is 5. The first kappa shape index (κ1) is 18.1. The van der Waals surface area contributed by atoms with E-state index in [1.165, 1.54) is 11.9 Å². The van der Waals surface area contributed by atoms with E-state index in [2.05, 4.69) is 4.90 Å². The molecule has 0 saturated carbocycles. The number of morpholine rings is 1. The molecule has 0 spiro atoms. The fraction of sp³-hybridized carbons (Fsp3) is 0.348. The molecule has 3 saturated heterocycles. The van der Waals surface area contributed by atoms with Crippen molar-refractivity contribution in [1.29, 1.82) is 0 Å².